The molecule has 0 heterocycles. The highest BCUT2D eigenvalue weighted by Crippen LogP contribution is 2.38. The van der Waals surface area contributed by atoms with Crippen molar-refractivity contribution < 1.29 is 27.5 Å². The average molecular weight is 450 g/mol. The molecule has 1 aliphatic rings. The van der Waals surface area contributed by atoms with Crippen LogP contribution in [0.5, 0.6) is 0 Å². The minimum Gasteiger partial charge on any atom is -0.465 e. The molecule has 0 saturated heterocycles. The molecule has 0 fully saturated rings. The predicted molar refractivity (Wildman–Crippen MR) is 117 cm³/mol. The van der Waals surface area contributed by atoms with Gasteiger partial charge in [-0.3, -0.25) is 14.3 Å². The van der Waals surface area contributed by atoms with E-state index in [0.29, 0.717) is 0 Å². The zero-order valence-electron chi connectivity index (χ0n) is 17.1. The average Bonchev–Trinajstić information content (AvgIpc) is 2.78. The van der Waals surface area contributed by atoms with E-state index in [9.17, 15) is 22.8 Å². The fraction of sp³-hybridized carbons (Fsp3) is 0.0870. The zero-order chi connectivity index (χ0) is 23.2. The van der Waals surface area contributed by atoms with Crippen LogP contribution in [0.1, 0.15) is 47.8 Å². The second-order valence-corrected chi connectivity index (χ2v) is 8.93. The Bertz CT molecular complexity index is 1410. The predicted octanol–water partition coefficient (Wildman–Crippen LogP) is 2.94. The molecule has 1 aliphatic carbocycles. The van der Waals surface area contributed by atoms with Gasteiger partial charge in [-0.25, -0.2) is 13.2 Å². The number of ether oxygens (including phenoxy) is 1. The molecule has 4 rings (SSSR count). The second kappa shape index (κ2) is 7.61. The zero-order valence-corrected chi connectivity index (χ0v) is 17.9. The van der Waals surface area contributed by atoms with Crippen LogP contribution in [0.2, 0.25) is 0 Å². The van der Waals surface area contributed by atoms with Gasteiger partial charge in [0.15, 0.2) is 11.6 Å². The number of sulfonamides is 1. The Morgan fingerprint density at radius 1 is 0.938 bits per heavy atom. The van der Waals surface area contributed by atoms with Crippen LogP contribution in [0.3, 0.4) is 0 Å². The number of carbonyl (C=O) groups is 3. The van der Waals surface area contributed by atoms with E-state index in [1.165, 1.54) is 24.3 Å². The lowest BCUT2D eigenvalue weighted by atomic mass is 9.81. The molecule has 0 unspecified atom stereocenters. The molecule has 3 N–H and O–H groups in total. The molecule has 0 aromatic heterocycles. The standard InChI is InChI=1S/C23H18N2O6S/c1-12-7-9-13(10-8-12)32(29,30)25-17-11-16(23(28)31-2)20(24)19-18(17)21(26)14-5-3-4-6-15(14)22(19)27/h3-11,25H,24H2,1-2H3. The molecule has 3 aromatic rings. The van der Waals surface area contributed by atoms with Crippen LogP contribution in [0.15, 0.2) is 59.5 Å². The van der Waals surface area contributed by atoms with Crippen molar-refractivity contribution in [1.82, 2.24) is 0 Å². The summed E-state index contributed by atoms with van der Waals surface area (Å²) in [5.41, 5.74) is 6.03. The summed E-state index contributed by atoms with van der Waals surface area (Å²) in [7, 11) is -3.03. The molecule has 9 heteroatoms. The van der Waals surface area contributed by atoms with Crippen LogP contribution >= 0.6 is 0 Å². The van der Waals surface area contributed by atoms with Crippen molar-refractivity contribution in [3.8, 4) is 0 Å². The molecule has 8 nitrogen and oxygen atoms in total. The van der Waals surface area contributed by atoms with Crippen molar-refractivity contribution in [2.75, 3.05) is 17.6 Å². The van der Waals surface area contributed by atoms with Crippen LogP contribution < -0.4 is 10.5 Å². The SMILES string of the molecule is COC(=O)c1cc(NS(=O)(=O)c2ccc(C)cc2)c2c(c1N)C(=O)c1ccccc1C2=O. The first-order valence-corrected chi connectivity index (χ1v) is 11.0. The number of carbonyl (C=O) groups excluding carboxylic acids is 3. The van der Waals surface area contributed by atoms with Gasteiger partial charge in [0, 0.05) is 11.1 Å². The summed E-state index contributed by atoms with van der Waals surface area (Å²) in [4.78, 5) is 38.7. The van der Waals surface area contributed by atoms with Crippen LogP contribution in [0.25, 0.3) is 0 Å². The van der Waals surface area contributed by atoms with Gasteiger partial charge in [0.25, 0.3) is 10.0 Å². The van der Waals surface area contributed by atoms with E-state index in [0.717, 1.165) is 18.7 Å². The van der Waals surface area contributed by atoms with Gasteiger partial charge >= 0.3 is 5.97 Å². The van der Waals surface area contributed by atoms with E-state index in [2.05, 4.69) is 4.72 Å². The van der Waals surface area contributed by atoms with E-state index >= 15 is 0 Å². The van der Waals surface area contributed by atoms with E-state index < -0.39 is 27.6 Å². The van der Waals surface area contributed by atoms with E-state index in [1.807, 2.05) is 6.92 Å². The van der Waals surface area contributed by atoms with Crippen LogP contribution in [-0.4, -0.2) is 33.1 Å². The van der Waals surface area contributed by atoms with Crippen LogP contribution in [0, 0.1) is 6.92 Å². The lowest BCUT2D eigenvalue weighted by Crippen LogP contribution is -2.27. The third kappa shape index (κ3) is 3.32. The summed E-state index contributed by atoms with van der Waals surface area (Å²) in [6, 6.07) is 13.3. The van der Waals surface area contributed by atoms with Crippen molar-refractivity contribution in [3.05, 3.63) is 88.0 Å². The molecule has 162 valence electrons. The lowest BCUT2D eigenvalue weighted by molar-refractivity contribution is 0.0601. The Balaban J connectivity index is 1.97. The molecular weight excluding hydrogens is 432 g/mol. The maximum atomic E-state index is 13.3. The van der Waals surface area contributed by atoms with Crippen molar-refractivity contribution in [2.24, 2.45) is 0 Å². The number of methoxy groups -OCH3 is 1. The van der Waals surface area contributed by atoms with E-state index in [4.69, 9.17) is 10.5 Å². The molecule has 0 atom stereocenters. The van der Waals surface area contributed by atoms with Gasteiger partial charge in [0.1, 0.15) is 0 Å². The summed E-state index contributed by atoms with van der Waals surface area (Å²) in [6.45, 7) is 1.81. The number of fused-ring (bicyclic) bond motifs is 2. The number of esters is 1. The third-order valence-corrected chi connectivity index (χ3v) is 6.60. The topological polar surface area (TPSA) is 133 Å². The highest BCUT2D eigenvalue weighted by atomic mass is 32.2. The van der Waals surface area contributed by atoms with Crippen LogP contribution in [0.4, 0.5) is 11.4 Å². The summed E-state index contributed by atoms with van der Waals surface area (Å²) in [5.74, 6) is -2.05. The lowest BCUT2D eigenvalue weighted by Gasteiger charge is -2.23. The van der Waals surface area contributed by atoms with Gasteiger partial charge in [-0.05, 0) is 25.1 Å². The number of rotatable bonds is 4. The first-order valence-electron chi connectivity index (χ1n) is 9.48. The van der Waals surface area contributed by atoms with E-state index in [1.54, 1.807) is 24.3 Å². The summed E-state index contributed by atoms with van der Waals surface area (Å²) < 4.78 is 33.1. The van der Waals surface area contributed by atoms with Gasteiger partial charge in [-0.15, -0.1) is 0 Å². The Kier molecular flexibility index (Phi) is 5.06. The second-order valence-electron chi connectivity index (χ2n) is 7.25. The molecule has 0 aliphatic heterocycles. The highest BCUT2D eigenvalue weighted by Gasteiger charge is 2.36. The molecular formula is C23H18N2O6S. The Hall–Kier alpha value is -3.98. The largest absolute Gasteiger partial charge is 0.465 e. The summed E-state index contributed by atoms with van der Waals surface area (Å²) in [5, 5.41) is 0. The maximum Gasteiger partial charge on any atom is 0.340 e. The fourth-order valence-corrected chi connectivity index (χ4v) is 4.66. The molecule has 0 amide bonds. The van der Waals surface area contributed by atoms with Crippen molar-refractivity contribution >= 4 is 38.9 Å². The number of nitrogens with two attached hydrogens (primary N) is 1. The molecule has 0 radical (unpaired) electrons. The Labute approximate surface area is 184 Å². The third-order valence-electron chi connectivity index (χ3n) is 5.22. The highest BCUT2D eigenvalue weighted by molar-refractivity contribution is 7.92. The van der Waals surface area contributed by atoms with Gasteiger partial charge in [-0.1, -0.05) is 42.0 Å². The molecule has 0 bridgehead atoms. The number of hydrogen-bond acceptors (Lipinski definition) is 7. The summed E-state index contributed by atoms with van der Waals surface area (Å²) in [6.07, 6.45) is 0. The number of ketones is 2. The number of benzene rings is 3. The number of aryl methyl sites for hydroxylation is 1. The van der Waals surface area contributed by atoms with Gasteiger partial charge in [0.05, 0.1) is 40.1 Å². The van der Waals surface area contributed by atoms with Gasteiger partial charge < -0.3 is 10.5 Å². The van der Waals surface area contributed by atoms with Gasteiger partial charge in [0.2, 0.25) is 0 Å². The molecule has 3 aromatic carbocycles. The van der Waals surface area contributed by atoms with Gasteiger partial charge in [-0.2, -0.15) is 0 Å². The molecule has 0 saturated carbocycles. The quantitative estimate of drug-likeness (QED) is 0.361. The smallest absolute Gasteiger partial charge is 0.340 e. The van der Waals surface area contributed by atoms with Crippen molar-refractivity contribution in [2.45, 2.75) is 11.8 Å². The Morgan fingerprint density at radius 3 is 2.06 bits per heavy atom. The fourth-order valence-electron chi connectivity index (χ4n) is 3.60. The minimum atomic E-state index is -4.15. The van der Waals surface area contributed by atoms with Crippen molar-refractivity contribution in [3.63, 3.8) is 0 Å². The first-order chi connectivity index (χ1) is 15.2. The summed E-state index contributed by atoms with van der Waals surface area (Å²) >= 11 is 0. The maximum absolute atomic E-state index is 13.3. The van der Waals surface area contributed by atoms with Crippen LogP contribution in [-0.2, 0) is 14.8 Å². The van der Waals surface area contributed by atoms with Crippen molar-refractivity contribution in [1.29, 1.82) is 0 Å². The number of hydrogen-bond donors (Lipinski definition) is 2. The number of anilines is 2. The molecule has 32 heavy (non-hydrogen) atoms. The Morgan fingerprint density at radius 2 is 1.50 bits per heavy atom. The minimum absolute atomic E-state index is 0.0525. The number of nitrogen functional groups attached to an aromatic ring is 1. The monoisotopic (exact) mass is 450 g/mol. The molecule has 0 spiro atoms. The first kappa shape index (κ1) is 21.3. The van der Waals surface area contributed by atoms with E-state index in [-0.39, 0.29) is 44.1 Å². The normalized spacial score (nSPS) is 12.7. The number of nitrogens with one attached hydrogen (secondary N) is 1.